The van der Waals surface area contributed by atoms with Gasteiger partial charge in [-0.1, -0.05) is 50.5 Å². The zero-order chi connectivity index (χ0) is 8.53. The minimum absolute atomic E-state index is 1.21. The van der Waals surface area contributed by atoms with Crippen molar-refractivity contribution in [1.82, 2.24) is 0 Å². The van der Waals surface area contributed by atoms with Gasteiger partial charge >= 0.3 is 0 Å². The molecule has 0 radical (unpaired) electrons. The molecule has 0 fully saturated rings. The Labute approximate surface area is 71.0 Å². The molecule has 0 heteroatoms. The van der Waals surface area contributed by atoms with Crippen molar-refractivity contribution in [2.45, 2.75) is 46.5 Å². The van der Waals surface area contributed by atoms with Crippen LogP contribution < -0.4 is 0 Å². The minimum Gasteiger partial charge on any atom is -0.0843 e. The molecule has 0 bridgehead atoms. The van der Waals surface area contributed by atoms with Crippen LogP contribution in [0.25, 0.3) is 0 Å². The molecule has 0 saturated carbocycles. The Hall–Kier alpha value is -0.520. The van der Waals surface area contributed by atoms with Crippen LogP contribution in [0.2, 0.25) is 0 Å². The number of hydrogen-bond acceptors (Lipinski definition) is 0. The van der Waals surface area contributed by atoms with Crippen LogP contribution in [0.1, 0.15) is 46.5 Å². The highest BCUT2D eigenvalue weighted by molar-refractivity contribution is 5.15. The molecular formula is C11H20. The van der Waals surface area contributed by atoms with Crippen LogP contribution >= 0.6 is 0 Å². The van der Waals surface area contributed by atoms with Gasteiger partial charge in [0.05, 0.1) is 0 Å². The Morgan fingerprint density at radius 1 is 1.09 bits per heavy atom. The molecule has 0 rings (SSSR count). The SMILES string of the molecule is CCC/C=C/C(C)=C/CCC. The predicted molar refractivity (Wildman–Crippen MR) is 52.7 cm³/mol. The van der Waals surface area contributed by atoms with E-state index in [0.717, 1.165) is 0 Å². The van der Waals surface area contributed by atoms with E-state index in [2.05, 4.69) is 39.0 Å². The molecule has 0 heterocycles. The summed E-state index contributed by atoms with van der Waals surface area (Å²) in [6, 6.07) is 0. The van der Waals surface area contributed by atoms with Crippen molar-refractivity contribution in [2.24, 2.45) is 0 Å². The van der Waals surface area contributed by atoms with E-state index in [1.54, 1.807) is 0 Å². The molecule has 0 aliphatic heterocycles. The lowest BCUT2D eigenvalue weighted by Crippen LogP contribution is -1.70. The molecule has 0 nitrogen and oxygen atoms in total. The van der Waals surface area contributed by atoms with Crippen molar-refractivity contribution in [1.29, 1.82) is 0 Å². The molecule has 0 aromatic heterocycles. The van der Waals surface area contributed by atoms with Gasteiger partial charge in [-0.05, 0) is 19.8 Å². The highest BCUT2D eigenvalue weighted by Gasteiger charge is 1.80. The van der Waals surface area contributed by atoms with E-state index in [4.69, 9.17) is 0 Å². The zero-order valence-electron chi connectivity index (χ0n) is 8.06. The number of unbranched alkanes of at least 4 members (excludes halogenated alkanes) is 2. The molecule has 0 amide bonds. The first kappa shape index (κ1) is 10.5. The lowest BCUT2D eigenvalue weighted by molar-refractivity contribution is 0.946. The van der Waals surface area contributed by atoms with E-state index in [1.165, 1.54) is 31.3 Å². The molecule has 0 saturated heterocycles. The average Bonchev–Trinajstić information content (AvgIpc) is 2.01. The number of allylic oxidation sites excluding steroid dienone is 4. The molecule has 0 spiro atoms. The second kappa shape index (κ2) is 7.59. The standard InChI is InChI=1S/C11H20/c1-4-6-8-10-11(3)9-7-5-2/h8-10H,4-7H2,1-3H3/b10-8+,11-9+. The van der Waals surface area contributed by atoms with Crippen LogP contribution in [-0.4, -0.2) is 0 Å². The molecule has 64 valence electrons. The van der Waals surface area contributed by atoms with E-state index in [-0.39, 0.29) is 0 Å². The maximum atomic E-state index is 2.30. The first-order valence-electron chi connectivity index (χ1n) is 4.64. The van der Waals surface area contributed by atoms with E-state index in [0.29, 0.717) is 0 Å². The molecule has 0 atom stereocenters. The van der Waals surface area contributed by atoms with Gasteiger partial charge in [0.25, 0.3) is 0 Å². The van der Waals surface area contributed by atoms with Gasteiger partial charge in [-0.25, -0.2) is 0 Å². The van der Waals surface area contributed by atoms with Gasteiger partial charge in [0.15, 0.2) is 0 Å². The predicted octanol–water partition coefficient (Wildman–Crippen LogP) is 4.09. The summed E-state index contributed by atoms with van der Waals surface area (Å²) in [4.78, 5) is 0. The monoisotopic (exact) mass is 152 g/mol. The van der Waals surface area contributed by atoms with Crippen LogP contribution in [0.3, 0.4) is 0 Å². The van der Waals surface area contributed by atoms with Crippen LogP contribution in [0.15, 0.2) is 23.8 Å². The summed E-state index contributed by atoms with van der Waals surface area (Å²) in [6.45, 7) is 6.58. The fourth-order valence-corrected chi connectivity index (χ4v) is 0.876. The van der Waals surface area contributed by atoms with Crippen molar-refractivity contribution in [3.8, 4) is 0 Å². The molecular weight excluding hydrogens is 132 g/mol. The highest BCUT2D eigenvalue weighted by atomic mass is 13.9. The minimum atomic E-state index is 1.21. The third-order valence-corrected chi connectivity index (χ3v) is 1.59. The van der Waals surface area contributed by atoms with Gasteiger partial charge in [0, 0.05) is 0 Å². The van der Waals surface area contributed by atoms with Crippen molar-refractivity contribution in [2.75, 3.05) is 0 Å². The van der Waals surface area contributed by atoms with Gasteiger partial charge in [-0.3, -0.25) is 0 Å². The van der Waals surface area contributed by atoms with Gasteiger partial charge in [0.1, 0.15) is 0 Å². The number of rotatable bonds is 5. The van der Waals surface area contributed by atoms with Gasteiger partial charge < -0.3 is 0 Å². The Morgan fingerprint density at radius 3 is 2.27 bits per heavy atom. The van der Waals surface area contributed by atoms with Crippen LogP contribution in [0.4, 0.5) is 0 Å². The maximum Gasteiger partial charge on any atom is -0.0348 e. The third kappa shape index (κ3) is 7.38. The lowest BCUT2D eigenvalue weighted by atomic mass is 10.2. The smallest absolute Gasteiger partial charge is 0.0348 e. The number of hydrogen-bond donors (Lipinski definition) is 0. The topological polar surface area (TPSA) is 0 Å². The lowest BCUT2D eigenvalue weighted by Gasteiger charge is -1.90. The summed E-state index contributed by atoms with van der Waals surface area (Å²) in [5.41, 5.74) is 1.40. The molecule has 0 aromatic rings. The highest BCUT2D eigenvalue weighted by Crippen LogP contribution is 2.01. The zero-order valence-corrected chi connectivity index (χ0v) is 8.06. The summed E-state index contributed by atoms with van der Waals surface area (Å²) in [5.74, 6) is 0. The fourth-order valence-electron chi connectivity index (χ4n) is 0.876. The van der Waals surface area contributed by atoms with Crippen molar-refractivity contribution in [3.05, 3.63) is 23.8 Å². The van der Waals surface area contributed by atoms with Crippen molar-refractivity contribution >= 4 is 0 Å². The Balaban J connectivity index is 3.56. The second-order valence-electron chi connectivity index (χ2n) is 2.93. The normalized spacial score (nSPS) is 12.8. The van der Waals surface area contributed by atoms with Crippen LogP contribution in [0, 0.1) is 0 Å². The van der Waals surface area contributed by atoms with Crippen molar-refractivity contribution in [3.63, 3.8) is 0 Å². The molecule has 0 aliphatic rings. The van der Waals surface area contributed by atoms with Crippen LogP contribution in [0.5, 0.6) is 0 Å². The van der Waals surface area contributed by atoms with Gasteiger partial charge in [-0.15, -0.1) is 0 Å². The fraction of sp³-hybridized carbons (Fsp3) is 0.636. The van der Waals surface area contributed by atoms with E-state index < -0.39 is 0 Å². The van der Waals surface area contributed by atoms with Crippen LogP contribution in [-0.2, 0) is 0 Å². The van der Waals surface area contributed by atoms with Gasteiger partial charge in [-0.2, -0.15) is 0 Å². The van der Waals surface area contributed by atoms with E-state index >= 15 is 0 Å². The Morgan fingerprint density at radius 2 is 1.73 bits per heavy atom. The average molecular weight is 152 g/mol. The molecule has 0 aliphatic carbocycles. The summed E-state index contributed by atoms with van der Waals surface area (Å²) < 4.78 is 0. The quantitative estimate of drug-likeness (QED) is 0.520. The molecule has 0 aromatic carbocycles. The molecule has 11 heavy (non-hydrogen) atoms. The Kier molecular flexibility index (Phi) is 7.23. The second-order valence-corrected chi connectivity index (χ2v) is 2.93. The van der Waals surface area contributed by atoms with Crippen molar-refractivity contribution < 1.29 is 0 Å². The first-order chi connectivity index (χ1) is 5.31. The first-order valence-corrected chi connectivity index (χ1v) is 4.64. The summed E-state index contributed by atoms with van der Waals surface area (Å²) in [5, 5.41) is 0. The molecule has 0 unspecified atom stereocenters. The third-order valence-electron chi connectivity index (χ3n) is 1.59. The van der Waals surface area contributed by atoms with E-state index in [1.807, 2.05) is 0 Å². The molecule has 0 N–H and O–H groups in total. The van der Waals surface area contributed by atoms with E-state index in [9.17, 15) is 0 Å². The summed E-state index contributed by atoms with van der Waals surface area (Å²) >= 11 is 0. The Bertz CT molecular complexity index is 129. The summed E-state index contributed by atoms with van der Waals surface area (Å²) in [7, 11) is 0. The van der Waals surface area contributed by atoms with Gasteiger partial charge in [0.2, 0.25) is 0 Å². The maximum absolute atomic E-state index is 2.30. The summed E-state index contributed by atoms with van der Waals surface area (Å²) in [6.07, 6.45) is 11.7. The largest absolute Gasteiger partial charge is 0.0843 e.